The summed E-state index contributed by atoms with van der Waals surface area (Å²) in [6, 6.07) is 3.73. The van der Waals surface area contributed by atoms with Gasteiger partial charge in [-0.25, -0.2) is 9.97 Å². The van der Waals surface area contributed by atoms with E-state index in [0.29, 0.717) is 23.1 Å². The maximum absolute atomic E-state index is 5.45. The lowest BCUT2D eigenvalue weighted by atomic mass is 9.97. The van der Waals surface area contributed by atoms with E-state index in [-0.39, 0.29) is 6.79 Å². The average molecular weight is 284 g/mol. The molecule has 1 aromatic heterocycles. The van der Waals surface area contributed by atoms with Gasteiger partial charge >= 0.3 is 0 Å². The smallest absolute Gasteiger partial charge is 0.231 e. The Balaban J connectivity index is 1.82. The minimum absolute atomic E-state index is 0.243. The summed E-state index contributed by atoms with van der Waals surface area (Å²) < 4.78 is 16.3. The monoisotopic (exact) mass is 284 g/mol. The molecule has 1 aliphatic carbocycles. The third-order valence-electron chi connectivity index (χ3n) is 4.00. The summed E-state index contributed by atoms with van der Waals surface area (Å²) in [5.41, 5.74) is 3.27. The molecule has 0 unspecified atom stereocenters. The first-order valence-electron chi connectivity index (χ1n) is 7.18. The van der Waals surface area contributed by atoms with Crippen molar-refractivity contribution in [2.75, 3.05) is 13.9 Å². The van der Waals surface area contributed by atoms with Crippen molar-refractivity contribution in [3.8, 4) is 28.6 Å². The second-order valence-electron chi connectivity index (χ2n) is 5.28. The highest BCUT2D eigenvalue weighted by atomic mass is 16.7. The molecule has 0 atom stereocenters. The summed E-state index contributed by atoms with van der Waals surface area (Å²) in [4.78, 5) is 9.24. The molecule has 2 aliphatic rings. The van der Waals surface area contributed by atoms with E-state index in [0.717, 1.165) is 24.1 Å². The highest BCUT2D eigenvalue weighted by molar-refractivity contribution is 5.70. The van der Waals surface area contributed by atoms with Crippen LogP contribution in [0, 0.1) is 0 Å². The normalized spacial score (nSPS) is 15.7. The lowest BCUT2D eigenvalue weighted by molar-refractivity contribution is 0.174. The summed E-state index contributed by atoms with van der Waals surface area (Å²) in [5.74, 6) is 2.81. The van der Waals surface area contributed by atoms with Crippen LogP contribution < -0.4 is 14.2 Å². The first-order valence-corrected chi connectivity index (χ1v) is 7.18. The molecule has 1 aromatic carbocycles. The number of hydrogen-bond donors (Lipinski definition) is 0. The molecule has 5 heteroatoms. The maximum atomic E-state index is 5.45. The van der Waals surface area contributed by atoms with E-state index in [1.165, 1.54) is 18.4 Å². The summed E-state index contributed by atoms with van der Waals surface area (Å²) in [5, 5.41) is 0. The number of nitrogens with zero attached hydrogens (tertiary/aromatic N) is 2. The first-order chi connectivity index (χ1) is 10.3. The van der Waals surface area contributed by atoms with E-state index in [9.17, 15) is 0 Å². The third kappa shape index (κ3) is 2.09. The summed E-state index contributed by atoms with van der Waals surface area (Å²) in [6.45, 7) is 0.243. The predicted octanol–water partition coefficient (Wildman–Crippen LogP) is 2.76. The van der Waals surface area contributed by atoms with Crippen LogP contribution >= 0.6 is 0 Å². The number of methoxy groups -OCH3 is 1. The van der Waals surface area contributed by atoms with Crippen LogP contribution in [0.1, 0.15) is 24.1 Å². The zero-order chi connectivity index (χ0) is 14.2. The van der Waals surface area contributed by atoms with E-state index < -0.39 is 0 Å². The Bertz CT molecular complexity index is 700. The largest absolute Gasteiger partial charge is 0.496 e. The SMILES string of the molecule is COc1cc2c(cc1-c1ncc3c(n1)CCCC3)OCO2. The van der Waals surface area contributed by atoms with Crippen LogP contribution in [0.2, 0.25) is 0 Å². The lowest BCUT2D eigenvalue weighted by Gasteiger charge is -2.15. The predicted molar refractivity (Wildman–Crippen MR) is 76.8 cm³/mol. The fraction of sp³-hybridized carbons (Fsp3) is 0.375. The Morgan fingerprint density at radius 2 is 1.90 bits per heavy atom. The third-order valence-corrected chi connectivity index (χ3v) is 4.00. The molecule has 0 N–H and O–H groups in total. The molecule has 0 bridgehead atoms. The van der Waals surface area contributed by atoms with Gasteiger partial charge in [0.25, 0.3) is 0 Å². The standard InChI is InChI=1S/C16H16N2O3/c1-19-13-7-15-14(20-9-21-15)6-11(13)16-17-8-10-4-2-3-5-12(10)18-16/h6-8H,2-5,9H2,1H3. The highest BCUT2D eigenvalue weighted by Crippen LogP contribution is 2.41. The lowest BCUT2D eigenvalue weighted by Crippen LogP contribution is -2.07. The van der Waals surface area contributed by atoms with Crippen LogP contribution in [-0.2, 0) is 12.8 Å². The van der Waals surface area contributed by atoms with Gasteiger partial charge in [-0.05, 0) is 37.3 Å². The molecule has 21 heavy (non-hydrogen) atoms. The minimum atomic E-state index is 0.243. The van der Waals surface area contributed by atoms with Gasteiger partial charge in [0.05, 0.1) is 12.7 Å². The fourth-order valence-electron chi connectivity index (χ4n) is 2.87. The van der Waals surface area contributed by atoms with Crippen molar-refractivity contribution in [2.24, 2.45) is 0 Å². The van der Waals surface area contributed by atoms with Gasteiger partial charge in [-0.1, -0.05) is 0 Å². The Kier molecular flexibility index (Phi) is 2.91. The molecule has 0 saturated heterocycles. The Morgan fingerprint density at radius 3 is 2.76 bits per heavy atom. The molecule has 1 aliphatic heterocycles. The molecule has 5 nitrogen and oxygen atoms in total. The van der Waals surface area contributed by atoms with Crippen LogP contribution in [0.25, 0.3) is 11.4 Å². The van der Waals surface area contributed by atoms with Crippen molar-refractivity contribution < 1.29 is 14.2 Å². The van der Waals surface area contributed by atoms with Gasteiger partial charge in [0.15, 0.2) is 17.3 Å². The zero-order valence-corrected chi connectivity index (χ0v) is 11.9. The van der Waals surface area contributed by atoms with E-state index in [4.69, 9.17) is 19.2 Å². The summed E-state index contributed by atoms with van der Waals surface area (Å²) in [6.07, 6.45) is 6.47. The van der Waals surface area contributed by atoms with Crippen molar-refractivity contribution in [2.45, 2.75) is 25.7 Å². The van der Waals surface area contributed by atoms with Gasteiger partial charge in [0.2, 0.25) is 6.79 Å². The number of aryl methyl sites for hydroxylation is 2. The molecular formula is C16H16N2O3. The van der Waals surface area contributed by atoms with Crippen LogP contribution in [0.5, 0.6) is 17.2 Å². The van der Waals surface area contributed by atoms with Gasteiger partial charge in [-0.2, -0.15) is 0 Å². The number of fused-ring (bicyclic) bond motifs is 2. The van der Waals surface area contributed by atoms with Crippen molar-refractivity contribution >= 4 is 0 Å². The molecule has 0 fully saturated rings. The van der Waals surface area contributed by atoms with Crippen LogP contribution in [0.4, 0.5) is 0 Å². The van der Waals surface area contributed by atoms with Crippen LogP contribution in [0.15, 0.2) is 18.3 Å². The Hall–Kier alpha value is -2.30. The van der Waals surface area contributed by atoms with E-state index in [1.54, 1.807) is 7.11 Å². The zero-order valence-electron chi connectivity index (χ0n) is 11.9. The summed E-state index contributed by atoms with van der Waals surface area (Å²) >= 11 is 0. The quantitative estimate of drug-likeness (QED) is 0.848. The Morgan fingerprint density at radius 1 is 1.10 bits per heavy atom. The molecule has 0 saturated carbocycles. The van der Waals surface area contributed by atoms with Gasteiger partial charge in [-0.15, -0.1) is 0 Å². The maximum Gasteiger partial charge on any atom is 0.231 e. The number of aromatic nitrogens is 2. The molecule has 0 radical (unpaired) electrons. The van der Waals surface area contributed by atoms with Gasteiger partial charge in [-0.3, -0.25) is 0 Å². The van der Waals surface area contributed by atoms with Gasteiger partial charge in [0, 0.05) is 18.0 Å². The molecular weight excluding hydrogens is 268 g/mol. The van der Waals surface area contributed by atoms with Crippen molar-refractivity contribution in [1.29, 1.82) is 0 Å². The van der Waals surface area contributed by atoms with E-state index in [2.05, 4.69) is 4.98 Å². The molecule has 2 heterocycles. The summed E-state index contributed by atoms with van der Waals surface area (Å²) in [7, 11) is 1.64. The Labute approximate surface area is 122 Å². The molecule has 108 valence electrons. The second-order valence-corrected chi connectivity index (χ2v) is 5.28. The average Bonchev–Trinajstić information content (AvgIpc) is 3.00. The van der Waals surface area contributed by atoms with E-state index >= 15 is 0 Å². The van der Waals surface area contributed by atoms with Crippen molar-refractivity contribution in [3.05, 3.63) is 29.6 Å². The number of ether oxygens (including phenoxy) is 3. The van der Waals surface area contributed by atoms with Crippen LogP contribution in [0.3, 0.4) is 0 Å². The number of rotatable bonds is 2. The fourth-order valence-corrected chi connectivity index (χ4v) is 2.87. The van der Waals surface area contributed by atoms with Gasteiger partial charge in [0.1, 0.15) is 5.75 Å². The van der Waals surface area contributed by atoms with Crippen LogP contribution in [-0.4, -0.2) is 23.9 Å². The van der Waals surface area contributed by atoms with Crippen molar-refractivity contribution in [3.63, 3.8) is 0 Å². The van der Waals surface area contributed by atoms with Gasteiger partial charge < -0.3 is 14.2 Å². The minimum Gasteiger partial charge on any atom is -0.496 e. The molecule has 0 spiro atoms. The number of benzene rings is 1. The topological polar surface area (TPSA) is 53.5 Å². The second kappa shape index (κ2) is 4.91. The molecule has 2 aromatic rings. The van der Waals surface area contributed by atoms with Crippen molar-refractivity contribution in [1.82, 2.24) is 9.97 Å². The van der Waals surface area contributed by atoms with E-state index in [1.807, 2.05) is 18.3 Å². The highest BCUT2D eigenvalue weighted by Gasteiger charge is 2.21. The number of hydrogen-bond acceptors (Lipinski definition) is 5. The molecule has 0 amide bonds. The first kappa shape index (κ1) is 12.4. The molecule has 4 rings (SSSR count).